The minimum atomic E-state index is -0.399. The first-order valence-electron chi connectivity index (χ1n) is 8.80. The average molecular weight is 363 g/mol. The number of aromatic nitrogens is 1. The van der Waals surface area contributed by atoms with Crippen LogP contribution in [0.5, 0.6) is 0 Å². The average Bonchev–Trinajstić information content (AvgIpc) is 3.17. The Labute approximate surface area is 157 Å². The van der Waals surface area contributed by atoms with Gasteiger partial charge in [-0.15, -0.1) is 0 Å². The third-order valence-corrected chi connectivity index (χ3v) is 4.02. The molecular formula is C21H21N3O3. The minimum Gasteiger partial charge on any atom is -0.352 e. The van der Waals surface area contributed by atoms with Crippen LogP contribution in [0.25, 0.3) is 11.3 Å². The van der Waals surface area contributed by atoms with Gasteiger partial charge in [0.15, 0.2) is 0 Å². The molecule has 0 aliphatic rings. The predicted octanol–water partition coefficient (Wildman–Crippen LogP) is 4.04. The Bertz CT molecular complexity index is 928. The Morgan fingerprint density at radius 3 is 2.37 bits per heavy atom. The zero-order chi connectivity index (χ0) is 19.2. The van der Waals surface area contributed by atoms with Gasteiger partial charge in [-0.25, -0.2) is 0 Å². The van der Waals surface area contributed by atoms with Gasteiger partial charge >= 0.3 is 0 Å². The lowest BCUT2D eigenvalue weighted by molar-refractivity contribution is 0.0952. The van der Waals surface area contributed by atoms with Crippen LogP contribution in [0.3, 0.4) is 0 Å². The summed E-state index contributed by atoms with van der Waals surface area (Å²) in [6.45, 7) is 4.63. The predicted molar refractivity (Wildman–Crippen MR) is 104 cm³/mol. The van der Waals surface area contributed by atoms with Crippen LogP contribution in [0.4, 0.5) is 5.69 Å². The van der Waals surface area contributed by atoms with E-state index in [1.165, 1.54) is 0 Å². The maximum absolute atomic E-state index is 12.3. The maximum atomic E-state index is 12.3. The smallest absolute Gasteiger partial charge is 0.294 e. The van der Waals surface area contributed by atoms with Crippen molar-refractivity contribution < 1.29 is 14.1 Å². The van der Waals surface area contributed by atoms with E-state index in [-0.39, 0.29) is 11.7 Å². The molecule has 27 heavy (non-hydrogen) atoms. The van der Waals surface area contributed by atoms with E-state index in [4.69, 9.17) is 4.52 Å². The number of aryl methyl sites for hydroxylation is 1. The van der Waals surface area contributed by atoms with Crippen molar-refractivity contribution in [3.05, 3.63) is 71.5 Å². The molecule has 138 valence electrons. The zero-order valence-electron chi connectivity index (χ0n) is 15.3. The molecular weight excluding hydrogens is 342 g/mol. The molecule has 1 aromatic heterocycles. The quantitative estimate of drug-likeness (QED) is 0.692. The van der Waals surface area contributed by atoms with E-state index < -0.39 is 5.91 Å². The van der Waals surface area contributed by atoms with Crippen molar-refractivity contribution in [1.29, 1.82) is 0 Å². The summed E-state index contributed by atoms with van der Waals surface area (Å²) in [6, 6.07) is 16.1. The lowest BCUT2D eigenvalue weighted by atomic mass is 10.1. The molecule has 1 heterocycles. The summed E-state index contributed by atoms with van der Waals surface area (Å²) in [7, 11) is 0. The first kappa shape index (κ1) is 18.4. The molecule has 0 saturated heterocycles. The largest absolute Gasteiger partial charge is 0.352 e. The first-order valence-corrected chi connectivity index (χ1v) is 8.80. The molecule has 6 heteroatoms. The van der Waals surface area contributed by atoms with E-state index in [0.717, 1.165) is 17.5 Å². The van der Waals surface area contributed by atoms with Gasteiger partial charge in [-0.3, -0.25) is 9.59 Å². The molecule has 0 fully saturated rings. The summed E-state index contributed by atoms with van der Waals surface area (Å²) in [5.74, 6) is -0.410. The van der Waals surface area contributed by atoms with Gasteiger partial charge in [0, 0.05) is 29.4 Å². The fraction of sp³-hybridized carbons (Fsp3) is 0.190. The summed E-state index contributed by atoms with van der Waals surface area (Å²) in [6.07, 6.45) is 0.877. The number of benzene rings is 2. The van der Waals surface area contributed by atoms with Crippen LogP contribution >= 0.6 is 0 Å². The Morgan fingerprint density at radius 2 is 1.70 bits per heavy atom. The van der Waals surface area contributed by atoms with Crippen molar-refractivity contribution in [3.8, 4) is 11.3 Å². The molecule has 0 spiro atoms. The van der Waals surface area contributed by atoms with E-state index in [9.17, 15) is 9.59 Å². The van der Waals surface area contributed by atoms with Crippen molar-refractivity contribution in [2.75, 3.05) is 11.9 Å². The highest BCUT2D eigenvalue weighted by molar-refractivity contribution is 6.03. The van der Waals surface area contributed by atoms with Crippen molar-refractivity contribution in [2.24, 2.45) is 0 Å². The topological polar surface area (TPSA) is 84.2 Å². The van der Waals surface area contributed by atoms with Gasteiger partial charge in [-0.05, 0) is 37.6 Å². The van der Waals surface area contributed by atoms with Gasteiger partial charge in [-0.2, -0.15) is 0 Å². The number of nitrogens with zero attached hydrogens (tertiary/aromatic N) is 1. The molecule has 3 rings (SSSR count). The number of nitrogens with one attached hydrogen (secondary N) is 2. The summed E-state index contributed by atoms with van der Waals surface area (Å²) in [5.41, 5.74) is 3.74. The van der Waals surface area contributed by atoms with Gasteiger partial charge < -0.3 is 15.2 Å². The van der Waals surface area contributed by atoms with Gasteiger partial charge in [0.1, 0.15) is 5.69 Å². The molecule has 0 radical (unpaired) electrons. The molecule has 2 amide bonds. The van der Waals surface area contributed by atoms with E-state index in [0.29, 0.717) is 23.5 Å². The highest BCUT2D eigenvalue weighted by atomic mass is 16.5. The Morgan fingerprint density at radius 1 is 1.00 bits per heavy atom. The molecule has 0 aliphatic heterocycles. The Hall–Kier alpha value is -3.41. The first-order chi connectivity index (χ1) is 13.1. The highest BCUT2D eigenvalue weighted by Crippen LogP contribution is 2.20. The Kier molecular flexibility index (Phi) is 5.66. The molecule has 6 nitrogen and oxygen atoms in total. The monoisotopic (exact) mass is 363 g/mol. The lowest BCUT2D eigenvalue weighted by Crippen LogP contribution is -2.23. The summed E-state index contributed by atoms with van der Waals surface area (Å²) >= 11 is 0. The minimum absolute atomic E-state index is 0.121. The van der Waals surface area contributed by atoms with Crippen molar-refractivity contribution in [3.63, 3.8) is 0 Å². The van der Waals surface area contributed by atoms with E-state index in [1.807, 2.05) is 38.1 Å². The number of hydrogen-bond donors (Lipinski definition) is 2. The van der Waals surface area contributed by atoms with Gasteiger partial charge in [0.2, 0.25) is 5.76 Å². The molecule has 2 N–H and O–H groups in total. The second kappa shape index (κ2) is 8.31. The van der Waals surface area contributed by atoms with Crippen LogP contribution in [-0.2, 0) is 0 Å². The number of amides is 2. The summed E-state index contributed by atoms with van der Waals surface area (Å²) < 4.78 is 5.16. The fourth-order valence-corrected chi connectivity index (χ4v) is 2.48. The molecule has 0 bridgehead atoms. The fourth-order valence-electron chi connectivity index (χ4n) is 2.48. The second-order valence-electron chi connectivity index (χ2n) is 6.23. The van der Waals surface area contributed by atoms with Crippen LogP contribution in [-0.4, -0.2) is 23.5 Å². The highest BCUT2D eigenvalue weighted by Gasteiger charge is 2.14. The lowest BCUT2D eigenvalue weighted by Gasteiger charge is -2.05. The van der Waals surface area contributed by atoms with E-state index in [1.54, 1.807) is 30.3 Å². The third kappa shape index (κ3) is 4.61. The van der Waals surface area contributed by atoms with Crippen LogP contribution in [0.2, 0.25) is 0 Å². The van der Waals surface area contributed by atoms with Crippen LogP contribution in [0.1, 0.15) is 39.8 Å². The maximum Gasteiger partial charge on any atom is 0.294 e. The molecule has 3 aromatic rings. The number of anilines is 1. The van der Waals surface area contributed by atoms with Crippen molar-refractivity contribution >= 4 is 17.5 Å². The Balaban J connectivity index is 1.65. The van der Waals surface area contributed by atoms with Crippen LogP contribution < -0.4 is 10.6 Å². The molecule has 0 atom stereocenters. The summed E-state index contributed by atoms with van der Waals surface area (Å²) in [5, 5.41) is 9.50. The number of rotatable bonds is 6. The van der Waals surface area contributed by atoms with Gasteiger partial charge in [0.25, 0.3) is 11.8 Å². The molecule has 0 saturated carbocycles. The number of carbonyl (C=O) groups is 2. The van der Waals surface area contributed by atoms with Crippen LogP contribution in [0.15, 0.2) is 59.1 Å². The van der Waals surface area contributed by atoms with Crippen molar-refractivity contribution in [2.45, 2.75) is 20.3 Å². The molecule has 2 aromatic carbocycles. The SMILES string of the molecule is CCCNC(=O)c1ccc(NC(=O)c2cc(-c3ccc(C)cc3)no2)cc1. The molecule has 0 unspecified atom stereocenters. The summed E-state index contributed by atoms with van der Waals surface area (Å²) in [4.78, 5) is 24.2. The van der Waals surface area contributed by atoms with Gasteiger partial charge in [0.05, 0.1) is 0 Å². The third-order valence-electron chi connectivity index (χ3n) is 4.02. The standard InChI is InChI=1S/C21H21N3O3/c1-3-12-22-20(25)16-8-10-17(11-9-16)23-21(26)19-13-18(24-27-19)15-6-4-14(2)5-7-15/h4-11,13H,3,12H2,1-2H3,(H,22,25)(H,23,26). The van der Waals surface area contributed by atoms with Crippen molar-refractivity contribution in [1.82, 2.24) is 10.5 Å². The number of hydrogen-bond acceptors (Lipinski definition) is 4. The van der Waals surface area contributed by atoms with Crippen LogP contribution in [0, 0.1) is 6.92 Å². The molecule has 0 aliphatic carbocycles. The van der Waals surface area contributed by atoms with E-state index >= 15 is 0 Å². The normalized spacial score (nSPS) is 10.4. The van der Waals surface area contributed by atoms with E-state index in [2.05, 4.69) is 15.8 Å². The van der Waals surface area contributed by atoms with Gasteiger partial charge in [-0.1, -0.05) is 41.9 Å². The zero-order valence-corrected chi connectivity index (χ0v) is 15.3. The second-order valence-corrected chi connectivity index (χ2v) is 6.23. The number of carbonyl (C=O) groups excluding carboxylic acids is 2.